The summed E-state index contributed by atoms with van der Waals surface area (Å²) in [5.74, 6) is -0.905. The number of amides is 2. The van der Waals surface area contributed by atoms with Crippen molar-refractivity contribution in [1.82, 2.24) is 9.47 Å². The van der Waals surface area contributed by atoms with E-state index in [1.54, 1.807) is 40.7 Å². The van der Waals surface area contributed by atoms with Crippen LogP contribution in [0.2, 0.25) is 0 Å². The third-order valence-electron chi connectivity index (χ3n) is 4.62. The van der Waals surface area contributed by atoms with Crippen LogP contribution in [0.4, 0.5) is 0 Å². The molecule has 1 aliphatic rings. The molecule has 26 heavy (non-hydrogen) atoms. The number of benzene rings is 1. The summed E-state index contributed by atoms with van der Waals surface area (Å²) < 4.78 is 1.57. The van der Waals surface area contributed by atoms with Crippen molar-refractivity contribution in [3.05, 3.63) is 63.6 Å². The maximum atomic E-state index is 12.8. The van der Waals surface area contributed by atoms with Crippen LogP contribution in [0.5, 0.6) is 5.75 Å². The van der Waals surface area contributed by atoms with Crippen LogP contribution in [-0.4, -0.2) is 32.4 Å². The van der Waals surface area contributed by atoms with Crippen LogP contribution < -0.4 is 11.2 Å². The Hall–Kier alpha value is -3.09. The highest BCUT2D eigenvalue weighted by molar-refractivity contribution is 5.92. The number of primary amides is 1. The van der Waals surface area contributed by atoms with Crippen molar-refractivity contribution in [2.45, 2.75) is 38.9 Å². The number of hydrogen-bond acceptors (Lipinski definition) is 4. The Kier molecular flexibility index (Phi) is 4.79. The van der Waals surface area contributed by atoms with E-state index in [-0.39, 0.29) is 24.2 Å². The first kappa shape index (κ1) is 17.7. The van der Waals surface area contributed by atoms with Crippen LogP contribution in [0.1, 0.15) is 34.5 Å². The zero-order valence-electron chi connectivity index (χ0n) is 14.5. The maximum absolute atomic E-state index is 12.8. The molecule has 1 heterocycles. The summed E-state index contributed by atoms with van der Waals surface area (Å²) in [4.78, 5) is 37.2. The summed E-state index contributed by atoms with van der Waals surface area (Å²) in [6, 6.07) is 8.33. The number of nitrogens with two attached hydrogens (primary N) is 1. The third-order valence-corrected chi connectivity index (χ3v) is 4.62. The first-order chi connectivity index (χ1) is 12.4. The molecule has 2 amide bonds. The van der Waals surface area contributed by atoms with E-state index < -0.39 is 11.3 Å². The molecule has 0 spiro atoms. The molecule has 3 rings (SSSR count). The van der Waals surface area contributed by atoms with Crippen molar-refractivity contribution in [2.75, 3.05) is 0 Å². The lowest BCUT2D eigenvalue weighted by Gasteiger charge is -2.24. The van der Waals surface area contributed by atoms with Crippen LogP contribution in [0.15, 0.2) is 41.3 Å². The minimum absolute atomic E-state index is 0.0511. The Morgan fingerprint density at radius 3 is 2.46 bits per heavy atom. The van der Waals surface area contributed by atoms with Crippen LogP contribution in [-0.2, 0) is 17.9 Å². The van der Waals surface area contributed by atoms with Gasteiger partial charge in [-0.1, -0.05) is 12.1 Å². The van der Waals surface area contributed by atoms with Gasteiger partial charge in [0.05, 0.1) is 5.69 Å². The van der Waals surface area contributed by atoms with E-state index >= 15 is 0 Å². The fraction of sp³-hybridized carbons (Fsp3) is 0.316. The standard InChI is InChI=1S/C19H21N3O4/c1-12-18(25)16(23)8-9-21(12)11-17(24)22(15-6-7-15)10-13-2-4-14(5-3-13)19(20)26/h2-5,8-9,15,25H,6-7,10-11H2,1H3,(H2,20,26). The normalized spacial score (nSPS) is 13.4. The molecule has 1 aliphatic carbocycles. The SMILES string of the molecule is Cc1c(O)c(=O)ccn1CC(=O)N(Cc1ccc(C(N)=O)cc1)C1CC1. The lowest BCUT2D eigenvalue weighted by atomic mass is 10.1. The first-order valence-corrected chi connectivity index (χ1v) is 8.44. The summed E-state index contributed by atoms with van der Waals surface area (Å²) in [5, 5.41) is 9.77. The van der Waals surface area contributed by atoms with Crippen molar-refractivity contribution in [1.29, 1.82) is 0 Å². The monoisotopic (exact) mass is 355 g/mol. The Bertz CT molecular complexity index is 898. The topological polar surface area (TPSA) is 106 Å². The predicted molar refractivity (Wildman–Crippen MR) is 95.6 cm³/mol. The van der Waals surface area contributed by atoms with Gasteiger partial charge in [-0.05, 0) is 37.5 Å². The van der Waals surface area contributed by atoms with Gasteiger partial charge < -0.3 is 20.3 Å². The van der Waals surface area contributed by atoms with E-state index in [0.29, 0.717) is 17.8 Å². The van der Waals surface area contributed by atoms with Crippen molar-refractivity contribution < 1.29 is 14.7 Å². The average Bonchev–Trinajstić information content (AvgIpc) is 3.45. The Morgan fingerprint density at radius 2 is 1.88 bits per heavy atom. The first-order valence-electron chi connectivity index (χ1n) is 8.44. The molecule has 0 atom stereocenters. The van der Waals surface area contributed by atoms with E-state index in [4.69, 9.17) is 5.73 Å². The number of nitrogens with zero attached hydrogens (tertiary/aromatic N) is 2. The van der Waals surface area contributed by atoms with Crippen LogP contribution in [0.25, 0.3) is 0 Å². The number of aromatic hydroxyl groups is 1. The third kappa shape index (κ3) is 3.77. The molecule has 2 aromatic rings. The molecule has 1 saturated carbocycles. The van der Waals surface area contributed by atoms with Gasteiger partial charge in [0.25, 0.3) is 0 Å². The van der Waals surface area contributed by atoms with Gasteiger partial charge in [0.2, 0.25) is 17.2 Å². The molecule has 1 aromatic carbocycles. The summed E-state index contributed by atoms with van der Waals surface area (Å²) in [5.41, 5.74) is 6.49. The fourth-order valence-electron chi connectivity index (χ4n) is 2.85. The van der Waals surface area contributed by atoms with Crippen LogP contribution in [0.3, 0.4) is 0 Å². The van der Waals surface area contributed by atoms with Crippen molar-refractivity contribution in [3.8, 4) is 5.75 Å². The lowest BCUT2D eigenvalue weighted by Crippen LogP contribution is -2.35. The molecule has 0 saturated heterocycles. The number of rotatable bonds is 6. The number of carbonyl (C=O) groups is 2. The van der Waals surface area contributed by atoms with E-state index in [0.717, 1.165) is 18.4 Å². The maximum Gasteiger partial charge on any atom is 0.248 e. The molecule has 1 aromatic heterocycles. The van der Waals surface area contributed by atoms with Crippen LogP contribution in [0, 0.1) is 6.92 Å². The molecular formula is C19H21N3O4. The molecular weight excluding hydrogens is 334 g/mol. The Morgan fingerprint density at radius 1 is 1.23 bits per heavy atom. The summed E-state index contributed by atoms with van der Waals surface area (Å²) in [6.45, 7) is 2.09. The molecule has 0 aliphatic heterocycles. The van der Waals surface area contributed by atoms with Crippen molar-refractivity contribution in [2.24, 2.45) is 5.73 Å². The molecule has 7 nitrogen and oxygen atoms in total. The second-order valence-corrected chi connectivity index (χ2v) is 6.56. The molecule has 136 valence electrons. The van der Waals surface area contributed by atoms with Crippen molar-refractivity contribution in [3.63, 3.8) is 0 Å². The number of aromatic nitrogens is 1. The summed E-state index contributed by atoms with van der Waals surface area (Å²) in [7, 11) is 0. The van der Waals surface area contributed by atoms with Gasteiger partial charge in [0.15, 0.2) is 5.75 Å². The highest BCUT2D eigenvalue weighted by Crippen LogP contribution is 2.29. The van der Waals surface area contributed by atoms with Gasteiger partial charge >= 0.3 is 0 Å². The zero-order chi connectivity index (χ0) is 18.8. The van der Waals surface area contributed by atoms with E-state index in [1.807, 2.05) is 0 Å². The van der Waals surface area contributed by atoms with Gasteiger partial charge in [-0.2, -0.15) is 0 Å². The van der Waals surface area contributed by atoms with E-state index in [2.05, 4.69) is 0 Å². The van der Waals surface area contributed by atoms with Gasteiger partial charge in [-0.15, -0.1) is 0 Å². The summed E-state index contributed by atoms with van der Waals surface area (Å²) >= 11 is 0. The van der Waals surface area contributed by atoms with Gasteiger partial charge in [-0.3, -0.25) is 14.4 Å². The lowest BCUT2D eigenvalue weighted by molar-refractivity contribution is -0.133. The van der Waals surface area contributed by atoms with Gasteiger partial charge in [0.1, 0.15) is 6.54 Å². The molecule has 1 fully saturated rings. The molecule has 0 bridgehead atoms. The van der Waals surface area contributed by atoms with Gasteiger partial charge in [-0.25, -0.2) is 0 Å². The van der Waals surface area contributed by atoms with Crippen LogP contribution >= 0.6 is 0 Å². The highest BCUT2D eigenvalue weighted by Gasteiger charge is 2.32. The fourth-order valence-corrected chi connectivity index (χ4v) is 2.85. The quantitative estimate of drug-likeness (QED) is 0.811. The highest BCUT2D eigenvalue weighted by atomic mass is 16.3. The Balaban J connectivity index is 1.75. The smallest absolute Gasteiger partial charge is 0.248 e. The van der Waals surface area contributed by atoms with E-state index in [9.17, 15) is 19.5 Å². The molecule has 0 unspecified atom stereocenters. The Labute approximate surface area is 150 Å². The molecule has 0 radical (unpaired) electrons. The molecule has 3 N–H and O–H groups in total. The minimum atomic E-state index is -0.486. The predicted octanol–water partition coefficient (Wildman–Crippen LogP) is 1.15. The largest absolute Gasteiger partial charge is 0.503 e. The average molecular weight is 355 g/mol. The van der Waals surface area contributed by atoms with Crippen molar-refractivity contribution >= 4 is 11.8 Å². The minimum Gasteiger partial charge on any atom is -0.503 e. The number of hydrogen-bond donors (Lipinski definition) is 2. The zero-order valence-corrected chi connectivity index (χ0v) is 14.5. The van der Waals surface area contributed by atoms with Gasteiger partial charge in [0, 0.05) is 30.4 Å². The van der Waals surface area contributed by atoms with E-state index in [1.165, 1.54) is 12.3 Å². The summed E-state index contributed by atoms with van der Waals surface area (Å²) in [6.07, 6.45) is 3.43. The second-order valence-electron chi connectivity index (χ2n) is 6.56. The second kappa shape index (κ2) is 7.03. The number of carbonyl (C=O) groups excluding carboxylic acids is 2. The number of pyridine rings is 1. The molecule has 7 heteroatoms.